The normalized spacial score (nSPS) is 10.2. The van der Waals surface area contributed by atoms with Gasteiger partial charge in [0.2, 0.25) is 0 Å². The van der Waals surface area contributed by atoms with Gasteiger partial charge in [-0.05, 0) is 30.3 Å². The SMILES string of the molecule is O=C(COC(=O)c1cc(Cl)ccc1[N+](=O)[O-])Nc1cc(Cl)ccc1Cl. The quantitative estimate of drug-likeness (QED) is 0.454. The Kier molecular flexibility index (Phi) is 6.19. The zero-order valence-electron chi connectivity index (χ0n) is 12.3. The van der Waals surface area contributed by atoms with Gasteiger partial charge in [-0.2, -0.15) is 0 Å². The molecule has 0 fully saturated rings. The van der Waals surface area contributed by atoms with E-state index < -0.39 is 29.1 Å². The topological polar surface area (TPSA) is 98.5 Å². The van der Waals surface area contributed by atoms with Gasteiger partial charge in [-0.25, -0.2) is 4.79 Å². The largest absolute Gasteiger partial charge is 0.452 e. The fraction of sp³-hybridized carbons (Fsp3) is 0.0667. The Bertz CT molecular complexity index is 857. The van der Waals surface area contributed by atoms with Crippen LogP contribution in [0.2, 0.25) is 15.1 Å². The Balaban J connectivity index is 2.05. The Morgan fingerprint density at radius 3 is 2.40 bits per heavy atom. The Labute approximate surface area is 156 Å². The van der Waals surface area contributed by atoms with Crippen molar-refractivity contribution >= 4 is 58.1 Å². The van der Waals surface area contributed by atoms with Crippen molar-refractivity contribution in [3.63, 3.8) is 0 Å². The van der Waals surface area contributed by atoms with Gasteiger partial charge in [-0.1, -0.05) is 34.8 Å². The lowest BCUT2D eigenvalue weighted by atomic mass is 10.2. The molecule has 1 N–H and O–H groups in total. The first-order chi connectivity index (χ1) is 11.8. The average molecular weight is 404 g/mol. The number of ether oxygens (including phenoxy) is 1. The first-order valence-corrected chi connectivity index (χ1v) is 7.77. The van der Waals surface area contributed by atoms with Crippen molar-refractivity contribution in [1.82, 2.24) is 0 Å². The van der Waals surface area contributed by atoms with Crippen LogP contribution in [0.3, 0.4) is 0 Å². The maximum Gasteiger partial charge on any atom is 0.345 e. The molecule has 130 valence electrons. The molecule has 0 aliphatic rings. The van der Waals surface area contributed by atoms with E-state index in [9.17, 15) is 19.7 Å². The highest BCUT2D eigenvalue weighted by Gasteiger charge is 2.22. The minimum absolute atomic E-state index is 0.118. The third-order valence-corrected chi connectivity index (χ3v) is 3.71. The molecule has 0 spiro atoms. The Morgan fingerprint density at radius 2 is 1.72 bits per heavy atom. The number of esters is 1. The number of hydrogen-bond acceptors (Lipinski definition) is 5. The molecule has 2 aromatic carbocycles. The zero-order chi connectivity index (χ0) is 18.6. The summed E-state index contributed by atoms with van der Waals surface area (Å²) in [4.78, 5) is 34.0. The third kappa shape index (κ3) is 5.06. The van der Waals surface area contributed by atoms with Crippen LogP contribution in [0.15, 0.2) is 36.4 Å². The molecule has 0 aromatic heterocycles. The molecule has 0 atom stereocenters. The van der Waals surface area contributed by atoms with E-state index in [0.717, 1.165) is 12.1 Å². The molecule has 0 aliphatic heterocycles. The highest BCUT2D eigenvalue weighted by Crippen LogP contribution is 2.26. The second-order valence-electron chi connectivity index (χ2n) is 4.67. The van der Waals surface area contributed by atoms with Crippen LogP contribution in [0.5, 0.6) is 0 Å². The fourth-order valence-electron chi connectivity index (χ4n) is 1.82. The van der Waals surface area contributed by atoms with Gasteiger partial charge >= 0.3 is 5.97 Å². The number of anilines is 1. The molecule has 0 saturated heterocycles. The fourth-order valence-corrected chi connectivity index (χ4v) is 2.33. The predicted molar refractivity (Wildman–Crippen MR) is 93.5 cm³/mol. The summed E-state index contributed by atoms with van der Waals surface area (Å²) in [5.74, 6) is -1.75. The van der Waals surface area contributed by atoms with Gasteiger partial charge in [0.05, 0.1) is 15.6 Å². The van der Waals surface area contributed by atoms with Crippen molar-refractivity contribution in [3.05, 3.63) is 67.1 Å². The van der Waals surface area contributed by atoms with Crippen LogP contribution in [0, 0.1) is 10.1 Å². The molecule has 10 heteroatoms. The van der Waals surface area contributed by atoms with Gasteiger partial charge < -0.3 is 10.1 Å². The zero-order valence-corrected chi connectivity index (χ0v) is 14.6. The lowest BCUT2D eigenvalue weighted by Crippen LogP contribution is -2.21. The highest BCUT2D eigenvalue weighted by molar-refractivity contribution is 6.35. The summed E-state index contributed by atoms with van der Waals surface area (Å²) >= 11 is 17.4. The molecule has 0 bridgehead atoms. The molecule has 2 rings (SSSR count). The van der Waals surface area contributed by atoms with E-state index in [0.29, 0.717) is 5.02 Å². The number of amides is 1. The van der Waals surface area contributed by atoms with Crippen molar-refractivity contribution in [1.29, 1.82) is 0 Å². The number of nitrogens with one attached hydrogen (secondary N) is 1. The minimum atomic E-state index is -1.05. The third-order valence-electron chi connectivity index (χ3n) is 2.91. The van der Waals surface area contributed by atoms with Gasteiger partial charge in [0.25, 0.3) is 11.6 Å². The van der Waals surface area contributed by atoms with Gasteiger partial charge in [0, 0.05) is 16.1 Å². The first kappa shape index (κ1) is 19.0. The number of nitro benzene ring substituents is 1. The van der Waals surface area contributed by atoms with Gasteiger partial charge in [-0.15, -0.1) is 0 Å². The summed E-state index contributed by atoms with van der Waals surface area (Å²) in [5.41, 5.74) is -0.595. The number of benzene rings is 2. The van der Waals surface area contributed by atoms with Crippen LogP contribution >= 0.6 is 34.8 Å². The molecule has 0 saturated carbocycles. The number of nitrogens with zero attached hydrogens (tertiary/aromatic N) is 1. The Morgan fingerprint density at radius 1 is 1.08 bits per heavy atom. The van der Waals surface area contributed by atoms with E-state index in [1.54, 1.807) is 0 Å². The molecule has 0 radical (unpaired) electrons. The second kappa shape index (κ2) is 8.15. The van der Waals surface area contributed by atoms with Crippen LogP contribution in [0.4, 0.5) is 11.4 Å². The lowest BCUT2D eigenvalue weighted by molar-refractivity contribution is -0.385. The van der Waals surface area contributed by atoms with E-state index >= 15 is 0 Å². The van der Waals surface area contributed by atoms with Crippen molar-refractivity contribution in [3.8, 4) is 0 Å². The van der Waals surface area contributed by atoms with Crippen molar-refractivity contribution in [2.45, 2.75) is 0 Å². The predicted octanol–water partition coefficient (Wildman–Crippen LogP) is 4.35. The lowest BCUT2D eigenvalue weighted by Gasteiger charge is -2.09. The summed E-state index contributed by atoms with van der Waals surface area (Å²) in [6.45, 7) is -0.675. The summed E-state index contributed by atoms with van der Waals surface area (Å²) < 4.78 is 4.79. The smallest absolute Gasteiger partial charge is 0.345 e. The van der Waals surface area contributed by atoms with Crippen LogP contribution in [-0.4, -0.2) is 23.4 Å². The van der Waals surface area contributed by atoms with Crippen LogP contribution in [0.25, 0.3) is 0 Å². The number of rotatable bonds is 5. The number of carbonyl (C=O) groups is 2. The molecule has 0 aliphatic carbocycles. The molecule has 1 amide bonds. The van der Waals surface area contributed by atoms with E-state index in [1.165, 1.54) is 24.3 Å². The van der Waals surface area contributed by atoms with Crippen LogP contribution in [0.1, 0.15) is 10.4 Å². The highest BCUT2D eigenvalue weighted by atomic mass is 35.5. The second-order valence-corrected chi connectivity index (χ2v) is 5.95. The number of hydrogen-bond donors (Lipinski definition) is 1. The molecule has 0 unspecified atom stereocenters. The summed E-state index contributed by atoms with van der Waals surface area (Å²) in [5, 5.41) is 14.1. The van der Waals surface area contributed by atoms with Crippen molar-refractivity contribution in [2.75, 3.05) is 11.9 Å². The van der Waals surface area contributed by atoms with Crippen LogP contribution in [-0.2, 0) is 9.53 Å². The van der Waals surface area contributed by atoms with Gasteiger partial charge in [0.15, 0.2) is 6.61 Å². The van der Waals surface area contributed by atoms with Gasteiger partial charge in [0.1, 0.15) is 5.56 Å². The summed E-state index contributed by atoms with van der Waals surface area (Å²) in [6.07, 6.45) is 0. The molecule has 2 aromatic rings. The van der Waals surface area contributed by atoms with Gasteiger partial charge in [-0.3, -0.25) is 14.9 Å². The summed E-state index contributed by atoms with van der Waals surface area (Å²) in [6, 6.07) is 7.88. The molecule has 25 heavy (non-hydrogen) atoms. The van der Waals surface area contributed by atoms with Crippen LogP contribution < -0.4 is 5.32 Å². The monoisotopic (exact) mass is 402 g/mol. The number of carbonyl (C=O) groups excluding carboxylic acids is 2. The van der Waals surface area contributed by atoms with E-state index in [1.807, 2.05) is 0 Å². The molecule has 0 heterocycles. The first-order valence-electron chi connectivity index (χ1n) is 6.64. The molecular formula is C15H9Cl3N2O5. The van der Waals surface area contributed by atoms with E-state index in [2.05, 4.69) is 5.32 Å². The van der Waals surface area contributed by atoms with Crippen molar-refractivity contribution in [2.24, 2.45) is 0 Å². The Hall–Kier alpha value is -2.35. The molecular weight excluding hydrogens is 395 g/mol. The average Bonchev–Trinajstić information content (AvgIpc) is 2.55. The minimum Gasteiger partial charge on any atom is -0.452 e. The number of nitro groups is 1. The maximum atomic E-state index is 12.0. The van der Waals surface area contributed by atoms with Crippen molar-refractivity contribution < 1.29 is 19.2 Å². The maximum absolute atomic E-state index is 12.0. The van der Waals surface area contributed by atoms with E-state index in [4.69, 9.17) is 39.5 Å². The van der Waals surface area contributed by atoms with E-state index in [-0.39, 0.29) is 21.3 Å². The standard InChI is InChI=1S/C15H9Cl3N2O5/c16-8-2-4-13(20(23)24)10(5-8)15(22)25-7-14(21)19-12-6-9(17)1-3-11(12)18/h1-6H,7H2,(H,19,21). The molecule has 7 nitrogen and oxygen atoms in total. The summed E-state index contributed by atoms with van der Waals surface area (Å²) in [7, 11) is 0. The number of halogens is 3.